The van der Waals surface area contributed by atoms with Gasteiger partial charge in [-0.05, 0) is 37.1 Å². The van der Waals surface area contributed by atoms with Gasteiger partial charge in [0.05, 0.1) is 12.1 Å². The lowest BCUT2D eigenvalue weighted by molar-refractivity contribution is 0.0696. The first-order valence-corrected chi connectivity index (χ1v) is 6.50. The van der Waals surface area contributed by atoms with E-state index in [1.165, 1.54) is 6.07 Å². The molecule has 0 radical (unpaired) electrons. The van der Waals surface area contributed by atoms with Crippen molar-refractivity contribution in [3.63, 3.8) is 0 Å². The molecule has 0 unspecified atom stereocenters. The summed E-state index contributed by atoms with van der Waals surface area (Å²) in [6.45, 7) is 6.31. The molecule has 2 aromatic rings. The highest BCUT2D eigenvalue weighted by Crippen LogP contribution is 2.18. The molecule has 106 valence electrons. The van der Waals surface area contributed by atoms with Gasteiger partial charge in [0.25, 0.3) is 0 Å². The van der Waals surface area contributed by atoms with Gasteiger partial charge in [-0.3, -0.25) is 0 Å². The highest BCUT2D eigenvalue weighted by molar-refractivity contribution is 5.88. The molecule has 0 spiro atoms. The van der Waals surface area contributed by atoms with E-state index in [1.807, 2.05) is 32.9 Å². The Morgan fingerprint density at radius 2 is 2.15 bits per heavy atom. The van der Waals surface area contributed by atoms with Gasteiger partial charge in [0.15, 0.2) is 0 Å². The molecule has 0 amide bonds. The highest BCUT2D eigenvalue weighted by atomic mass is 16.4. The van der Waals surface area contributed by atoms with E-state index in [-0.39, 0.29) is 11.5 Å². The SMILES string of the molecule is Cc1ccc(CNc2cc(C(=O)O)cc(C(C)C)n2)o1. The van der Waals surface area contributed by atoms with Gasteiger partial charge < -0.3 is 14.8 Å². The largest absolute Gasteiger partial charge is 0.478 e. The molecule has 0 bridgehead atoms. The van der Waals surface area contributed by atoms with Crippen molar-refractivity contribution in [1.82, 2.24) is 4.98 Å². The number of rotatable bonds is 5. The van der Waals surface area contributed by atoms with Gasteiger partial charge in [-0.2, -0.15) is 0 Å². The first-order chi connectivity index (χ1) is 9.45. The topological polar surface area (TPSA) is 75.4 Å². The fourth-order valence-electron chi connectivity index (χ4n) is 1.82. The number of carboxylic acid groups (broad SMARTS) is 1. The summed E-state index contributed by atoms with van der Waals surface area (Å²) in [6.07, 6.45) is 0. The van der Waals surface area contributed by atoms with E-state index in [4.69, 9.17) is 9.52 Å². The normalized spacial score (nSPS) is 10.8. The number of hydrogen-bond acceptors (Lipinski definition) is 4. The van der Waals surface area contributed by atoms with E-state index in [1.54, 1.807) is 6.07 Å². The van der Waals surface area contributed by atoms with E-state index in [0.29, 0.717) is 12.4 Å². The Hall–Kier alpha value is -2.30. The maximum absolute atomic E-state index is 11.1. The Kier molecular flexibility index (Phi) is 4.08. The average molecular weight is 274 g/mol. The quantitative estimate of drug-likeness (QED) is 0.873. The zero-order valence-corrected chi connectivity index (χ0v) is 11.8. The summed E-state index contributed by atoms with van der Waals surface area (Å²) in [7, 11) is 0. The number of aromatic carboxylic acids is 1. The van der Waals surface area contributed by atoms with Gasteiger partial charge in [0.2, 0.25) is 0 Å². The number of carbonyl (C=O) groups is 1. The van der Waals surface area contributed by atoms with Crippen LogP contribution in [0.5, 0.6) is 0 Å². The van der Waals surface area contributed by atoms with E-state index in [9.17, 15) is 4.79 Å². The number of carboxylic acids is 1. The van der Waals surface area contributed by atoms with Crippen LogP contribution in [0, 0.1) is 6.92 Å². The van der Waals surface area contributed by atoms with Crippen molar-refractivity contribution in [2.24, 2.45) is 0 Å². The summed E-state index contributed by atoms with van der Waals surface area (Å²) in [6, 6.07) is 6.91. The number of anilines is 1. The second-order valence-corrected chi connectivity index (χ2v) is 4.99. The van der Waals surface area contributed by atoms with Gasteiger partial charge in [0.1, 0.15) is 17.3 Å². The van der Waals surface area contributed by atoms with Crippen molar-refractivity contribution in [2.45, 2.75) is 33.2 Å². The monoisotopic (exact) mass is 274 g/mol. The molecular weight excluding hydrogens is 256 g/mol. The first-order valence-electron chi connectivity index (χ1n) is 6.50. The Balaban J connectivity index is 2.19. The second-order valence-electron chi connectivity index (χ2n) is 4.99. The summed E-state index contributed by atoms with van der Waals surface area (Å²) < 4.78 is 5.45. The molecule has 0 aliphatic carbocycles. The zero-order valence-electron chi connectivity index (χ0n) is 11.8. The Bertz CT molecular complexity index is 617. The maximum Gasteiger partial charge on any atom is 0.335 e. The van der Waals surface area contributed by atoms with Crippen LogP contribution in [-0.4, -0.2) is 16.1 Å². The predicted octanol–water partition coefficient (Wildman–Crippen LogP) is 3.42. The molecule has 20 heavy (non-hydrogen) atoms. The third kappa shape index (κ3) is 3.38. The number of aromatic nitrogens is 1. The molecule has 0 fully saturated rings. The Labute approximate surface area is 117 Å². The van der Waals surface area contributed by atoms with Gasteiger partial charge in [-0.25, -0.2) is 9.78 Å². The summed E-state index contributed by atoms with van der Waals surface area (Å²) in [4.78, 5) is 15.6. The van der Waals surface area contributed by atoms with Crippen molar-refractivity contribution in [2.75, 3.05) is 5.32 Å². The molecular formula is C15H18N2O3. The molecule has 0 atom stereocenters. The number of nitrogens with zero attached hydrogens (tertiary/aromatic N) is 1. The molecule has 0 saturated carbocycles. The summed E-state index contributed by atoms with van der Waals surface area (Å²) in [5.41, 5.74) is 0.991. The van der Waals surface area contributed by atoms with Gasteiger partial charge >= 0.3 is 5.97 Å². The van der Waals surface area contributed by atoms with E-state index in [0.717, 1.165) is 17.2 Å². The average Bonchev–Trinajstić information content (AvgIpc) is 2.81. The van der Waals surface area contributed by atoms with E-state index in [2.05, 4.69) is 10.3 Å². The van der Waals surface area contributed by atoms with Crippen LogP contribution in [0.25, 0.3) is 0 Å². The van der Waals surface area contributed by atoms with Crippen molar-refractivity contribution < 1.29 is 14.3 Å². The zero-order chi connectivity index (χ0) is 14.7. The van der Waals surface area contributed by atoms with Crippen molar-refractivity contribution >= 4 is 11.8 Å². The third-order valence-electron chi connectivity index (χ3n) is 2.92. The Morgan fingerprint density at radius 3 is 2.70 bits per heavy atom. The van der Waals surface area contributed by atoms with Crippen LogP contribution in [0.2, 0.25) is 0 Å². The first kappa shape index (κ1) is 14.1. The van der Waals surface area contributed by atoms with Crippen LogP contribution in [0.1, 0.15) is 47.3 Å². The van der Waals surface area contributed by atoms with Crippen molar-refractivity contribution in [1.29, 1.82) is 0 Å². The minimum Gasteiger partial charge on any atom is -0.478 e. The fraction of sp³-hybridized carbons (Fsp3) is 0.333. The molecule has 2 aromatic heterocycles. The number of hydrogen-bond donors (Lipinski definition) is 2. The smallest absolute Gasteiger partial charge is 0.335 e. The standard InChI is InChI=1S/C15H18N2O3/c1-9(2)13-6-11(15(18)19)7-14(17-13)16-8-12-5-4-10(3)20-12/h4-7,9H,8H2,1-3H3,(H,16,17)(H,18,19). The van der Waals surface area contributed by atoms with Gasteiger partial charge in [-0.1, -0.05) is 13.8 Å². The lowest BCUT2D eigenvalue weighted by Gasteiger charge is -2.10. The molecule has 0 saturated heterocycles. The second kappa shape index (κ2) is 5.77. The van der Waals surface area contributed by atoms with Crippen molar-refractivity contribution in [3.05, 3.63) is 47.0 Å². The van der Waals surface area contributed by atoms with Gasteiger partial charge in [-0.15, -0.1) is 0 Å². The summed E-state index contributed by atoms with van der Waals surface area (Å²) in [5.74, 6) is 1.39. The van der Waals surface area contributed by atoms with Crippen molar-refractivity contribution in [3.8, 4) is 0 Å². The molecule has 5 nitrogen and oxygen atoms in total. The number of nitrogens with one attached hydrogen (secondary N) is 1. The number of aryl methyl sites for hydroxylation is 1. The molecule has 0 aliphatic rings. The fourth-order valence-corrected chi connectivity index (χ4v) is 1.82. The lowest BCUT2D eigenvalue weighted by atomic mass is 10.1. The minimum atomic E-state index is -0.953. The lowest BCUT2D eigenvalue weighted by Crippen LogP contribution is -2.07. The van der Waals surface area contributed by atoms with Gasteiger partial charge in [0, 0.05) is 5.69 Å². The van der Waals surface area contributed by atoms with E-state index >= 15 is 0 Å². The molecule has 0 aliphatic heterocycles. The number of furan rings is 1. The molecule has 5 heteroatoms. The Morgan fingerprint density at radius 1 is 1.40 bits per heavy atom. The maximum atomic E-state index is 11.1. The minimum absolute atomic E-state index is 0.167. The molecule has 2 N–H and O–H groups in total. The van der Waals surface area contributed by atoms with Crippen LogP contribution in [0.4, 0.5) is 5.82 Å². The van der Waals surface area contributed by atoms with Crippen LogP contribution in [0.15, 0.2) is 28.7 Å². The van der Waals surface area contributed by atoms with Crippen LogP contribution in [-0.2, 0) is 6.54 Å². The molecule has 2 rings (SSSR count). The molecule has 2 heterocycles. The van der Waals surface area contributed by atoms with E-state index < -0.39 is 5.97 Å². The predicted molar refractivity (Wildman–Crippen MR) is 76.1 cm³/mol. The summed E-state index contributed by atoms with van der Waals surface area (Å²) >= 11 is 0. The third-order valence-corrected chi connectivity index (χ3v) is 2.92. The van der Waals surface area contributed by atoms with Crippen LogP contribution < -0.4 is 5.32 Å². The number of pyridine rings is 1. The summed E-state index contributed by atoms with van der Waals surface area (Å²) in [5, 5.41) is 12.2. The van der Waals surface area contributed by atoms with Crippen LogP contribution in [0.3, 0.4) is 0 Å². The highest BCUT2D eigenvalue weighted by Gasteiger charge is 2.11. The molecule has 0 aromatic carbocycles. The van der Waals surface area contributed by atoms with Crippen LogP contribution >= 0.6 is 0 Å².